The molecule has 0 aliphatic carbocycles. The highest BCUT2D eigenvalue weighted by molar-refractivity contribution is 14.1. The quantitative estimate of drug-likeness (QED) is 0.233. The Bertz CT molecular complexity index is 133. The second-order valence-electron chi connectivity index (χ2n) is 1.25. The van der Waals surface area contributed by atoms with Gasteiger partial charge in [0, 0.05) is 0 Å². The maximum Gasteiger partial charge on any atom is 0.207 e. The van der Waals surface area contributed by atoms with Crippen LogP contribution in [-0.4, -0.2) is 9.76 Å². The molecule has 1 unspecified atom stereocenters. The van der Waals surface area contributed by atoms with Gasteiger partial charge < -0.3 is 5.73 Å². The lowest BCUT2D eigenvalue weighted by atomic mass is 10.5. The van der Waals surface area contributed by atoms with E-state index in [1.807, 2.05) is 6.92 Å². The smallest absolute Gasteiger partial charge is 0.207 e. The van der Waals surface area contributed by atoms with Crippen LogP contribution in [0.3, 0.4) is 0 Å². The number of aliphatic imine (C=N–C) groups is 1. The molecule has 0 heterocycles. The van der Waals surface area contributed by atoms with E-state index in [1.54, 1.807) is 6.19 Å². The van der Waals surface area contributed by atoms with Crippen LogP contribution in [0, 0.1) is 11.5 Å². The molecule has 3 nitrogen and oxygen atoms in total. The van der Waals surface area contributed by atoms with E-state index in [-0.39, 0.29) is 3.92 Å². The minimum absolute atomic E-state index is 0.146. The predicted octanol–water partition coefficient (Wildman–Crippen LogP) is 0.648. The third-order valence-corrected chi connectivity index (χ3v) is 1.22. The molecule has 44 valence electrons. The Balaban J connectivity index is 3.85. The normalized spacial score (nSPS) is 14.9. The standard InChI is InChI=1S/C4H6IN3/c1-3(5)4(7)8-2-6/h3H,1H3,(H2,7,8). The van der Waals surface area contributed by atoms with Gasteiger partial charge in [-0.05, 0) is 6.92 Å². The molecule has 0 rings (SSSR count). The molecule has 0 aromatic carbocycles. The first-order valence-electron chi connectivity index (χ1n) is 2.04. The largest absolute Gasteiger partial charge is 0.386 e. The highest BCUT2D eigenvalue weighted by Gasteiger charge is 1.97. The van der Waals surface area contributed by atoms with E-state index in [0.29, 0.717) is 5.84 Å². The van der Waals surface area contributed by atoms with Gasteiger partial charge >= 0.3 is 0 Å². The van der Waals surface area contributed by atoms with Gasteiger partial charge in [-0.25, -0.2) is 0 Å². The molecule has 0 amide bonds. The first-order valence-corrected chi connectivity index (χ1v) is 3.29. The highest BCUT2D eigenvalue weighted by Crippen LogP contribution is 1.96. The summed E-state index contributed by atoms with van der Waals surface area (Å²) in [5.41, 5.74) is 5.25. The predicted molar refractivity (Wildman–Crippen MR) is 40.7 cm³/mol. The van der Waals surface area contributed by atoms with Crippen molar-refractivity contribution in [1.29, 1.82) is 5.26 Å². The van der Waals surface area contributed by atoms with Crippen molar-refractivity contribution in [2.24, 2.45) is 10.7 Å². The summed E-state index contributed by atoms with van der Waals surface area (Å²) in [4.78, 5) is 3.32. The summed E-state index contributed by atoms with van der Waals surface area (Å²) >= 11 is 2.08. The van der Waals surface area contributed by atoms with Crippen molar-refractivity contribution < 1.29 is 0 Å². The van der Waals surface area contributed by atoms with Crippen molar-refractivity contribution in [3.8, 4) is 6.19 Å². The molecule has 0 aromatic heterocycles. The van der Waals surface area contributed by atoms with E-state index in [4.69, 9.17) is 11.0 Å². The number of nitrogens with zero attached hydrogens (tertiary/aromatic N) is 2. The van der Waals surface area contributed by atoms with E-state index < -0.39 is 0 Å². The first kappa shape index (κ1) is 7.69. The molecule has 1 atom stereocenters. The average molecular weight is 223 g/mol. The molecule has 0 aliphatic rings. The summed E-state index contributed by atoms with van der Waals surface area (Å²) < 4.78 is 0.146. The summed E-state index contributed by atoms with van der Waals surface area (Å²) in [5.74, 6) is 0.383. The van der Waals surface area contributed by atoms with Crippen molar-refractivity contribution in [3.63, 3.8) is 0 Å². The number of nitriles is 1. The molecule has 4 heteroatoms. The van der Waals surface area contributed by atoms with Crippen LogP contribution in [-0.2, 0) is 0 Å². The van der Waals surface area contributed by atoms with Crippen LogP contribution in [0.2, 0.25) is 0 Å². The van der Waals surface area contributed by atoms with Gasteiger partial charge in [0.25, 0.3) is 0 Å². The zero-order chi connectivity index (χ0) is 6.57. The maximum atomic E-state index is 7.96. The van der Waals surface area contributed by atoms with E-state index >= 15 is 0 Å². The van der Waals surface area contributed by atoms with Crippen molar-refractivity contribution >= 4 is 28.4 Å². The van der Waals surface area contributed by atoms with Gasteiger partial charge in [-0.2, -0.15) is 10.3 Å². The lowest BCUT2D eigenvalue weighted by Gasteiger charge is -1.95. The maximum absolute atomic E-state index is 7.96. The summed E-state index contributed by atoms with van der Waals surface area (Å²) in [7, 11) is 0. The van der Waals surface area contributed by atoms with Crippen molar-refractivity contribution in [3.05, 3.63) is 0 Å². The first-order chi connectivity index (χ1) is 3.68. The van der Waals surface area contributed by atoms with E-state index in [2.05, 4.69) is 27.6 Å². The van der Waals surface area contributed by atoms with Crippen LogP contribution in [0.1, 0.15) is 6.92 Å². The fraction of sp³-hybridized carbons (Fsp3) is 0.500. The number of halogens is 1. The SMILES string of the molecule is CC(I)/C(N)=N/C#N. The molecule has 0 aliphatic heterocycles. The van der Waals surface area contributed by atoms with Gasteiger partial charge in [0.15, 0.2) is 0 Å². The second kappa shape index (κ2) is 3.66. The number of nitrogens with two attached hydrogens (primary N) is 1. The van der Waals surface area contributed by atoms with Gasteiger partial charge in [-0.3, -0.25) is 0 Å². The van der Waals surface area contributed by atoms with Crippen LogP contribution < -0.4 is 5.73 Å². The highest BCUT2D eigenvalue weighted by atomic mass is 127. The molecular weight excluding hydrogens is 217 g/mol. The fourth-order valence-corrected chi connectivity index (χ4v) is 0.286. The van der Waals surface area contributed by atoms with Crippen LogP contribution >= 0.6 is 22.6 Å². The van der Waals surface area contributed by atoms with Crippen molar-refractivity contribution in [2.45, 2.75) is 10.8 Å². The Morgan fingerprint density at radius 1 is 2.00 bits per heavy atom. The minimum atomic E-state index is 0.146. The Morgan fingerprint density at radius 2 is 2.50 bits per heavy atom. The summed E-state index contributed by atoms with van der Waals surface area (Å²) in [6.45, 7) is 1.87. The third-order valence-electron chi connectivity index (χ3n) is 0.587. The van der Waals surface area contributed by atoms with Crippen LogP contribution in [0.5, 0.6) is 0 Å². The molecule has 0 saturated carbocycles. The fourth-order valence-electron chi connectivity index (χ4n) is 0.147. The molecule has 2 N–H and O–H groups in total. The lowest BCUT2D eigenvalue weighted by molar-refractivity contribution is 1.29. The lowest BCUT2D eigenvalue weighted by Crippen LogP contribution is -2.20. The Morgan fingerprint density at radius 3 is 2.62 bits per heavy atom. The summed E-state index contributed by atoms with van der Waals surface area (Å²) in [6.07, 6.45) is 1.61. The average Bonchev–Trinajstić information content (AvgIpc) is 1.67. The molecule has 8 heavy (non-hydrogen) atoms. The zero-order valence-electron chi connectivity index (χ0n) is 4.43. The number of alkyl halides is 1. The summed E-state index contributed by atoms with van der Waals surface area (Å²) in [6, 6.07) is 0. The van der Waals surface area contributed by atoms with Gasteiger partial charge in [-0.1, -0.05) is 22.6 Å². The summed E-state index contributed by atoms with van der Waals surface area (Å²) in [5, 5.41) is 7.96. The van der Waals surface area contributed by atoms with Gasteiger partial charge in [-0.15, -0.1) is 0 Å². The molecule has 0 spiro atoms. The minimum Gasteiger partial charge on any atom is -0.386 e. The van der Waals surface area contributed by atoms with Gasteiger partial charge in [0.1, 0.15) is 5.84 Å². The van der Waals surface area contributed by atoms with E-state index in [1.165, 1.54) is 0 Å². The zero-order valence-corrected chi connectivity index (χ0v) is 6.58. The van der Waals surface area contributed by atoms with E-state index in [0.717, 1.165) is 0 Å². The van der Waals surface area contributed by atoms with Gasteiger partial charge in [0.05, 0.1) is 3.92 Å². The molecule has 0 fully saturated rings. The molecule has 0 bridgehead atoms. The number of hydrogen-bond acceptors (Lipinski definition) is 2. The molecular formula is C4H6IN3. The Labute approximate surface area is 61.7 Å². The molecule has 0 saturated heterocycles. The topological polar surface area (TPSA) is 62.2 Å². The number of amidine groups is 1. The third kappa shape index (κ3) is 2.80. The number of hydrogen-bond donors (Lipinski definition) is 1. The van der Waals surface area contributed by atoms with Crippen molar-refractivity contribution in [2.75, 3.05) is 0 Å². The van der Waals surface area contributed by atoms with Gasteiger partial charge in [0.2, 0.25) is 6.19 Å². The van der Waals surface area contributed by atoms with Crippen LogP contribution in [0.15, 0.2) is 4.99 Å². The Hall–Kier alpha value is -0.310. The van der Waals surface area contributed by atoms with Crippen LogP contribution in [0.4, 0.5) is 0 Å². The monoisotopic (exact) mass is 223 g/mol. The van der Waals surface area contributed by atoms with Crippen LogP contribution in [0.25, 0.3) is 0 Å². The second-order valence-corrected chi connectivity index (χ2v) is 3.12. The van der Waals surface area contributed by atoms with Crippen molar-refractivity contribution in [1.82, 2.24) is 0 Å². The number of rotatable bonds is 1. The molecule has 0 aromatic rings. The Kier molecular flexibility index (Phi) is 3.52. The molecule has 0 radical (unpaired) electrons. The van der Waals surface area contributed by atoms with E-state index in [9.17, 15) is 0 Å².